The molecule has 5 unspecified atom stereocenters. The lowest BCUT2D eigenvalue weighted by Gasteiger charge is -2.36. The number of hydrogen-bond acceptors (Lipinski definition) is 15. The number of carbonyl (C=O) groups is 6. The van der Waals surface area contributed by atoms with Crippen LogP contribution in [-0.2, 0) is 62.3 Å². The Bertz CT molecular complexity index is 2310. The summed E-state index contributed by atoms with van der Waals surface area (Å²) in [5.41, 5.74) is 0.0919. The van der Waals surface area contributed by atoms with Crippen molar-refractivity contribution in [3.8, 4) is 0 Å². The average Bonchev–Trinajstić information content (AvgIpc) is 4.17. The topological polar surface area (TPSA) is 247 Å². The van der Waals surface area contributed by atoms with E-state index in [1.807, 2.05) is 63.3 Å². The molecule has 1 saturated carbocycles. The molecule has 376 valence electrons. The van der Waals surface area contributed by atoms with Gasteiger partial charge in [0.2, 0.25) is 29.5 Å². The van der Waals surface area contributed by atoms with Crippen molar-refractivity contribution in [2.45, 2.75) is 103 Å². The zero-order valence-electron chi connectivity index (χ0n) is 40.7. The van der Waals surface area contributed by atoms with Crippen LogP contribution in [0.1, 0.15) is 88.5 Å². The molecule has 20 nitrogen and oxygen atoms in total. The van der Waals surface area contributed by atoms with E-state index < -0.39 is 60.4 Å². The number of nitrogens with zero attached hydrogens (tertiary/aromatic N) is 7. The molecule has 2 aliphatic heterocycles. The second-order valence-electron chi connectivity index (χ2n) is 19.8. The van der Waals surface area contributed by atoms with Crippen LogP contribution in [0.2, 0.25) is 0 Å². The number of amides is 5. The molecule has 3 aromatic rings. The number of aromatic nitrogens is 5. The third-order valence-corrected chi connectivity index (χ3v) is 13.9. The predicted molar refractivity (Wildman–Crippen MR) is 252 cm³/mol. The van der Waals surface area contributed by atoms with Crippen LogP contribution in [0.4, 0.5) is 0 Å². The van der Waals surface area contributed by atoms with E-state index in [0.717, 1.165) is 16.9 Å². The van der Waals surface area contributed by atoms with Gasteiger partial charge < -0.3 is 39.4 Å². The van der Waals surface area contributed by atoms with Crippen molar-refractivity contribution in [3.63, 3.8) is 0 Å². The highest BCUT2D eigenvalue weighted by atomic mass is 16.7. The number of aliphatic hydroxyl groups excluding tert-OH is 1. The summed E-state index contributed by atoms with van der Waals surface area (Å²) in [5.74, 6) is -4.17. The van der Waals surface area contributed by atoms with Gasteiger partial charge in [0.15, 0.2) is 5.78 Å². The second kappa shape index (κ2) is 23.5. The van der Waals surface area contributed by atoms with Crippen molar-refractivity contribution in [1.29, 1.82) is 0 Å². The maximum atomic E-state index is 14.1. The quantitative estimate of drug-likeness (QED) is 0.0248. The van der Waals surface area contributed by atoms with Gasteiger partial charge in [-0.3, -0.25) is 38.7 Å². The molecule has 3 fully saturated rings. The fourth-order valence-corrected chi connectivity index (χ4v) is 9.91. The highest BCUT2D eigenvalue weighted by Crippen LogP contribution is 2.52. The molecule has 2 saturated heterocycles. The molecule has 3 N–H and O–H groups in total. The first-order valence-corrected chi connectivity index (χ1v) is 24.3. The van der Waals surface area contributed by atoms with Gasteiger partial charge in [0.25, 0.3) is 0 Å². The Balaban J connectivity index is 0.855. The van der Waals surface area contributed by atoms with Gasteiger partial charge in [-0.15, -0.1) is 5.10 Å². The van der Waals surface area contributed by atoms with Gasteiger partial charge in [-0.1, -0.05) is 61.5 Å². The molecule has 1 aromatic carbocycles. The fraction of sp³-hybridized carbons (Fsp3) is 0.592. The molecule has 2 aliphatic carbocycles. The van der Waals surface area contributed by atoms with Gasteiger partial charge in [-0.2, -0.15) is 0 Å². The van der Waals surface area contributed by atoms with E-state index in [-0.39, 0.29) is 93.0 Å². The van der Waals surface area contributed by atoms with Crippen LogP contribution in [0.25, 0.3) is 0 Å². The lowest BCUT2D eigenvalue weighted by Crippen LogP contribution is -2.51. The first kappa shape index (κ1) is 52.1. The molecule has 0 radical (unpaired) electrons. The minimum Gasteiger partial charge on any atom is -0.402 e. The summed E-state index contributed by atoms with van der Waals surface area (Å²) in [7, 11) is -0.736. The second-order valence-corrected chi connectivity index (χ2v) is 19.8. The monoisotopic (exact) mass is 967 g/mol. The maximum absolute atomic E-state index is 14.1. The Kier molecular flexibility index (Phi) is 17.5. The third kappa shape index (κ3) is 12.8. The maximum Gasteiger partial charge on any atom is 0.481 e. The number of imide groups is 1. The number of rotatable bonds is 27. The first-order chi connectivity index (χ1) is 33.6. The number of likely N-dealkylation sites (tertiary alicyclic amines) is 1. The molecule has 21 heteroatoms. The van der Waals surface area contributed by atoms with Crippen molar-refractivity contribution in [2.24, 2.45) is 35.5 Å². The van der Waals surface area contributed by atoms with E-state index in [1.54, 1.807) is 6.20 Å². The van der Waals surface area contributed by atoms with Crippen LogP contribution < -0.4 is 10.6 Å². The molecule has 4 heterocycles. The third-order valence-electron chi connectivity index (χ3n) is 13.9. The Morgan fingerprint density at radius 1 is 1.00 bits per heavy atom. The molecule has 70 heavy (non-hydrogen) atoms. The number of aliphatic hydroxyl groups is 1. The van der Waals surface area contributed by atoms with Crippen molar-refractivity contribution in [1.82, 2.24) is 45.4 Å². The molecular weight excluding hydrogens is 901 g/mol. The van der Waals surface area contributed by atoms with E-state index in [2.05, 4.69) is 44.8 Å². The standard InChI is InChI=1S/C49H66BN9O11/c1-32(2)22-40(54-45(64)36(23-33-10-7-6-8-11-33)25-39(61)38-26-51-15-16-52-38)50-69-48(3,4)49(5,70-50)14-9-20-67-31-68-21-18-58-28-37(55-56-58)27-57(29-41(62)53-17-19-60)42(63)30-59-46(65)43-34-12-13-35(24-34)44(43)47(59)66/h6-8,10-13,15-16,26,28,32,34-36,40,43-44,60H,9,14,17-25,27,29-31H2,1-5H3,(H,53,62)(H,54,64)/t34?,35?,36-,40+,43?,44?,49?/m0/s1. The molecule has 7 atom stereocenters. The van der Waals surface area contributed by atoms with E-state index in [1.165, 1.54) is 28.2 Å². The highest BCUT2D eigenvalue weighted by molar-refractivity contribution is 6.48. The zero-order chi connectivity index (χ0) is 50.0. The van der Waals surface area contributed by atoms with Crippen molar-refractivity contribution in [3.05, 3.63) is 84.2 Å². The number of allylic oxidation sites excluding steroid dienone is 2. The van der Waals surface area contributed by atoms with Crippen LogP contribution in [-0.4, -0.2) is 146 Å². The van der Waals surface area contributed by atoms with Crippen LogP contribution in [0.5, 0.6) is 0 Å². The first-order valence-electron chi connectivity index (χ1n) is 24.3. The van der Waals surface area contributed by atoms with Gasteiger partial charge >= 0.3 is 7.12 Å². The average molecular weight is 968 g/mol. The molecule has 7 rings (SSSR count). The number of fused-ring (bicyclic) bond motifs is 5. The Morgan fingerprint density at radius 3 is 2.41 bits per heavy atom. The summed E-state index contributed by atoms with van der Waals surface area (Å²) < 4.78 is 26.3. The van der Waals surface area contributed by atoms with Crippen LogP contribution in [0, 0.1) is 35.5 Å². The highest BCUT2D eigenvalue weighted by Gasteiger charge is 2.60. The van der Waals surface area contributed by atoms with Crippen molar-refractivity contribution < 1.29 is 52.7 Å². The van der Waals surface area contributed by atoms with E-state index in [4.69, 9.17) is 18.8 Å². The minimum atomic E-state index is -0.736. The molecular formula is C49H66BN9O11. The number of hydrogen-bond donors (Lipinski definition) is 3. The number of ether oxygens (including phenoxy) is 2. The van der Waals surface area contributed by atoms with Gasteiger partial charge in [-0.25, -0.2) is 9.67 Å². The molecule has 2 bridgehead atoms. The minimum absolute atomic E-state index is 0.00242. The summed E-state index contributed by atoms with van der Waals surface area (Å²) >= 11 is 0. The lowest BCUT2D eigenvalue weighted by molar-refractivity contribution is -0.148. The van der Waals surface area contributed by atoms with Crippen LogP contribution >= 0.6 is 0 Å². The summed E-state index contributed by atoms with van der Waals surface area (Å²) in [6, 6.07) is 9.60. The number of ketones is 1. The largest absolute Gasteiger partial charge is 0.481 e. The summed E-state index contributed by atoms with van der Waals surface area (Å²) in [6.45, 7) is 9.82. The van der Waals surface area contributed by atoms with E-state index in [9.17, 15) is 33.9 Å². The normalized spacial score (nSPS) is 23.0. The van der Waals surface area contributed by atoms with Crippen LogP contribution in [0.15, 0.2) is 67.3 Å². The SMILES string of the molecule is CC(C)C[C@@H](NC(=O)[C@H](CC(=O)c1cnccn1)Cc1ccccc1)B1OC(C)(C)C(C)(CCCOCOCCn2cc(CN(CC(=O)NCCO)C(=O)CN3C(=O)C4C5C=CC(C5)C4C3=O)nn2)O1. The molecule has 4 aliphatic rings. The smallest absolute Gasteiger partial charge is 0.402 e. The molecule has 0 spiro atoms. The zero-order valence-corrected chi connectivity index (χ0v) is 40.7. The lowest BCUT2D eigenvalue weighted by atomic mass is 9.73. The van der Waals surface area contributed by atoms with E-state index in [0.29, 0.717) is 44.5 Å². The Morgan fingerprint density at radius 2 is 1.73 bits per heavy atom. The molecule has 5 amide bonds. The van der Waals surface area contributed by atoms with Gasteiger partial charge in [0.05, 0.1) is 74.2 Å². The predicted octanol–water partition coefficient (Wildman–Crippen LogP) is 2.36. The van der Waals surface area contributed by atoms with Crippen LogP contribution in [0.3, 0.4) is 0 Å². The summed E-state index contributed by atoms with van der Waals surface area (Å²) in [5, 5.41) is 23.2. The number of nitrogens with one attached hydrogen (secondary N) is 2. The van der Waals surface area contributed by atoms with Gasteiger partial charge in [0.1, 0.15) is 24.7 Å². The number of carbonyl (C=O) groups excluding carboxylic acids is 6. The number of Topliss-reactive ketones (excluding diaryl/α,β-unsaturated/α-hetero) is 1. The Labute approximate surface area is 408 Å². The summed E-state index contributed by atoms with van der Waals surface area (Å²) in [4.78, 5) is 90.6. The van der Waals surface area contributed by atoms with Crippen molar-refractivity contribution >= 4 is 42.4 Å². The molecule has 2 aromatic heterocycles. The number of benzene rings is 1. The Hall–Kier alpha value is -5.74. The summed E-state index contributed by atoms with van der Waals surface area (Å²) in [6.07, 6.45) is 12.9. The fourth-order valence-electron chi connectivity index (χ4n) is 9.91. The van der Waals surface area contributed by atoms with E-state index >= 15 is 0 Å². The van der Waals surface area contributed by atoms with Gasteiger partial charge in [-0.05, 0) is 76.2 Å². The van der Waals surface area contributed by atoms with Crippen molar-refractivity contribution in [2.75, 3.05) is 46.2 Å². The van der Waals surface area contributed by atoms with Gasteiger partial charge in [0, 0.05) is 37.9 Å².